The first-order valence-electron chi connectivity index (χ1n) is 5.65. The van der Waals surface area contributed by atoms with Crippen molar-refractivity contribution < 1.29 is 9.47 Å². The average Bonchev–Trinajstić information content (AvgIpc) is 2.30. The molecule has 0 saturated heterocycles. The highest BCUT2D eigenvalue weighted by molar-refractivity contribution is 5.17. The molecule has 0 aliphatic rings. The van der Waals surface area contributed by atoms with Crippen LogP contribution in [0, 0.1) is 0 Å². The lowest BCUT2D eigenvalue weighted by molar-refractivity contribution is 0.291. The molecule has 5 nitrogen and oxygen atoms in total. The SMILES string of the molecule is CCCNCCOc1cc(OCC)ncn1. The maximum Gasteiger partial charge on any atom is 0.220 e. The van der Waals surface area contributed by atoms with E-state index in [1.54, 1.807) is 6.07 Å². The Labute approximate surface area is 96.2 Å². The first-order valence-corrected chi connectivity index (χ1v) is 5.65. The highest BCUT2D eigenvalue weighted by Crippen LogP contribution is 2.12. The molecule has 5 heteroatoms. The van der Waals surface area contributed by atoms with Crippen molar-refractivity contribution in [1.29, 1.82) is 0 Å². The Hall–Kier alpha value is -1.36. The summed E-state index contributed by atoms with van der Waals surface area (Å²) in [6, 6.07) is 1.70. The first kappa shape index (κ1) is 12.7. The first-order chi connectivity index (χ1) is 7.86. The highest BCUT2D eigenvalue weighted by Gasteiger charge is 1.99. The largest absolute Gasteiger partial charge is 0.478 e. The molecule has 0 aliphatic carbocycles. The summed E-state index contributed by atoms with van der Waals surface area (Å²) in [7, 11) is 0. The predicted molar refractivity (Wildman–Crippen MR) is 61.9 cm³/mol. The molecule has 0 bridgehead atoms. The van der Waals surface area contributed by atoms with Crippen LogP contribution in [0.2, 0.25) is 0 Å². The molecule has 0 spiro atoms. The Morgan fingerprint density at radius 3 is 2.56 bits per heavy atom. The summed E-state index contributed by atoms with van der Waals surface area (Å²) in [4.78, 5) is 7.96. The summed E-state index contributed by atoms with van der Waals surface area (Å²) in [6.45, 7) is 7.07. The molecule has 0 saturated carbocycles. The molecule has 0 aliphatic heterocycles. The van der Waals surface area contributed by atoms with Gasteiger partial charge in [-0.1, -0.05) is 6.92 Å². The van der Waals surface area contributed by atoms with Gasteiger partial charge in [-0.2, -0.15) is 0 Å². The van der Waals surface area contributed by atoms with E-state index in [1.807, 2.05) is 6.92 Å². The van der Waals surface area contributed by atoms with Crippen molar-refractivity contribution in [3.8, 4) is 11.8 Å². The van der Waals surface area contributed by atoms with E-state index in [0.717, 1.165) is 19.5 Å². The van der Waals surface area contributed by atoms with Gasteiger partial charge in [0.1, 0.15) is 12.9 Å². The van der Waals surface area contributed by atoms with Gasteiger partial charge < -0.3 is 14.8 Å². The molecular formula is C11H19N3O2. The van der Waals surface area contributed by atoms with Crippen molar-refractivity contribution in [3.05, 3.63) is 12.4 Å². The van der Waals surface area contributed by atoms with Gasteiger partial charge in [0.05, 0.1) is 12.7 Å². The minimum Gasteiger partial charge on any atom is -0.478 e. The van der Waals surface area contributed by atoms with E-state index >= 15 is 0 Å². The normalized spacial score (nSPS) is 10.1. The molecule has 0 aromatic carbocycles. The second-order valence-corrected chi connectivity index (χ2v) is 3.23. The predicted octanol–water partition coefficient (Wildman–Crippen LogP) is 1.25. The summed E-state index contributed by atoms with van der Waals surface area (Å²) in [5, 5.41) is 3.25. The fourth-order valence-electron chi connectivity index (χ4n) is 1.16. The van der Waals surface area contributed by atoms with Crippen LogP contribution < -0.4 is 14.8 Å². The average molecular weight is 225 g/mol. The van der Waals surface area contributed by atoms with E-state index in [4.69, 9.17) is 9.47 Å². The van der Waals surface area contributed by atoms with E-state index < -0.39 is 0 Å². The van der Waals surface area contributed by atoms with E-state index in [2.05, 4.69) is 22.2 Å². The molecule has 1 N–H and O–H groups in total. The van der Waals surface area contributed by atoms with E-state index in [0.29, 0.717) is 25.0 Å². The van der Waals surface area contributed by atoms with Crippen LogP contribution in [0.15, 0.2) is 12.4 Å². The number of nitrogens with one attached hydrogen (secondary N) is 1. The van der Waals surface area contributed by atoms with E-state index in [9.17, 15) is 0 Å². The Kier molecular flexibility index (Phi) is 6.25. The third-order valence-corrected chi connectivity index (χ3v) is 1.86. The number of rotatable bonds is 8. The molecule has 1 heterocycles. The molecule has 0 amide bonds. The standard InChI is InChI=1S/C11H19N3O2/c1-3-5-12-6-7-16-11-8-10(15-4-2)13-9-14-11/h8-9,12H,3-7H2,1-2H3. The van der Waals surface area contributed by atoms with Crippen molar-refractivity contribution in [3.63, 3.8) is 0 Å². The van der Waals surface area contributed by atoms with Gasteiger partial charge in [0.15, 0.2) is 0 Å². The number of ether oxygens (including phenoxy) is 2. The summed E-state index contributed by atoms with van der Waals surface area (Å²) < 4.78 is 10.7. The molecule has 0 fully saturated rings. The Balaban J connectivity index is 2.27. The minimum atomic E-state index is 0.550. The molecular weight excluding hydrogens is 206 g/mol. The maximum absolute atomic E-state index is 5.45. The fraction of sp³-hybridized carbons (Fsp3) is 0.636. The van der Waals surface area contributed by atoms with Gasteiger partial charge in [0.25, 0.3) is 0 Å². The Bertz CT molecular complexity index is 294. The van der Waals surface area contributed by atoms with Crippen LogP contribution in [0.4, 0.5) is 0 Å². The molecule has 1 rings (SSSR count). The number of hydrogen-bond acceptors (Lipinski definition) is 5. The number of aromatic nitrogens is 2. The van der Waals surface area contributed by atoms with Crippen molar-refractivity contribution in [2.24, 2.45) is 0 Å². The van der Waals surface area contributed by atoms with E-state index in [-0.39, 0.29) is 0 Å². The summed E-state index contributed by atoms with van der Waals surface area (Å²) in [5.41, 5.74) is 0. The Morgan fingerprint density at radius 1 is 1.12 bits per heavy atom. The van der Waals surface area contributed by atoms with Crippen LogP contribution in [-0.4, -0.2) is 36.3 Å². The molecule has 0 unspecified atom stereocenters. The molecule has 1 aromatic heterocycles. The monoisotopic (exact) mass is 225 g/mol. The molecule has 0 radical (unpaired) electrons. The summed E-state index contributed by atoms with van der Waals surface area (Å²) in [5.74, 6) is 1.10. The van der Waals surface area contributed by atoms with Crippen molar-refractivity contribution in [2.75, 3.05) is 26.3 Å². The third kappa shape index (κ3) is 4.93. The Morgan fingerprint density at radius 2 is 1.88 bits per heavy atom. The van der Waals surface area contributed by atoms with Gasteiger partial charge in [0.2, 0.25) is 11.8 Å². The topological polar surface area (TPSA) is 56.3 Å². The van der Waals surface area contributed by atoms with Crippen molar-refractivity contribution in [1.82, 2.24) is 15.3 Å². The smallest absolute Gasteiger partial charge is 0.220 e. The lowest BCUT2D eigenvalue weighted by Gasteiger charge is -2.07. The van der Waals surface area contributed by atoms with Crippen molar-refractivity contribution in [2.45, 2.75) is 20.3 Å². The highest BCUT2D eigenvalue weighted by atomic mass is 16.5. The van der Waals surface area contributed by atoms with Crippen LogP contribution in [0.25, 0.3) is 0 Å². The summed E-state index contributed by atoms with van der Waals surface area (Å²) in [6.07, 6.45) is 2.57. The molecule has 16 heavy (non-hydrogen) atoms. The molecule has 1 aromatic rings. The second-order valence-electron chi connectivity index (χ2n) is 3.23. The zero-order valence-corrected chi connectivity index (χ0v) is 9.90. The zero-order chi connectivity index (χ0) is 11.6. The second kappa shape index (κ2) is 7.87. The van der Waals surface area contributed by atoms with Crippen LogP contribution >= 0.6 is 0 Å². The lowest BCUT2D eigenvalue weighted by Crippen LogP contribution is -2.21. The van der Waals surface area contributed by atoms with Crippen LogP contribution in [0.1, 0.15) is 20.3 Å². The van der Waals surface area contributed by atoms with Gasteiger partial charge >= 0.3 is 0 Å². The van der Waals surface area contributed by atoms with Crippen LogP contribution in [-0.2, 0) is 0 Å². The van der Waals surface area contributed by atoms with Gasteiger partial charge in [-0.3, -0.25) is 0 Å². The van der Waals surface area contributed by atoms with Gasteiger partial charge in [-0.25, -0.2) is 9.97 Å². The lowest BCUT2D eigenvalue weighted by atomic mass is 10.5. The summed E-state index contributed by atoms with van der Waals surface area (Å²) >= 11 is 0. The van der Waals surface area contributed by atoms with Crippen molar-refractivity contribution >= 4 is 0 Å². The third-order valence-electron chi connectivity index (χ3n) is 1.86. The fourth-order valence-corrected chi connectivity index (χ4v) is 1.16. The van der Waals surface area contributed by atoms with Crippen LogP contribution in [0.5, 0.6) is 11.8 Å². The van der Waals surface area contributed by atoms with Gasteiger partial charge in [0, 0.05) is 6.54 Å². The van der Waals surface area contributed by atoms with Crippen LogP contribution in [0.3, 0.4) is 0 Å². The minimum absolute atomic E-state index is 0.550. The van der Waals surface area contributed by atoms with Gasteiger partial charge in [-0.15, -0.1) is 0 Å². The zero-order valence-electron chi connectivity index (χ0n) is 9.90. The molecule has 90 valence electrons. The number of nitrogens with zero attached hydrogens (tertiary/aromatic N) is 2. The van der Waals surface area contributed by atoms with E-state index in [1.165, 1.54) is 6.33 Å². The van der Waals surface area contributed by atoms with Gasteiger partial charge in [-0.05, 0) is 19.9 Å². The number of hydrogen-bond donors (Lipinski definition) is 1. The molecule has 0 atom stereocenters. The quantitative estimate of drug-likeness (QED) is 0.675. The maximum atomic E-state index is 5.45.